The van der Waals surface area contributed by atoms with Crippen LogP contribution in [0.15, 0.2) is 12.1 Å². The maximum Gasteiger partial charge on any atom is 0.408 e. The van der Waals surface area contributed by atoms with Crippen molar-refractivity contribution in [2.24, 2.45) is 0 Å². The van der Waals surface area contributed by atoms with Gasteiger partial charge in [0, 0.05) is 18.6 Å². The fraction of sp³-hybridized carbons (Fsp3) is 0.615. The first-order chi connectivity index (χ1) is 18.0. The van der Waals surface area contributed by atoms with Crippen LogP contribution in [-0.2, 0) is 35.1 Å². The lowest BCUT2D eigenvalue weighted by molar-refractivity contribution is -0.162. The third kappa shape index (κ3) is 11.9. The minimum atomic E-state index is -1.53. The summed E-state index contributed by atoms with van der Waals surface area (Å²) in [7, 11) is 4.37. The molecule has 1 rings (SSSR count). The highest BCUT2D eigenvalue weighted by molar-refractivity contribution is 6.26. The van der Waals surface area contributed by atoms with Crippen LogP contribution < -0.4 is 24.8 Å². The summed E-state index contributed by atoms with van der Waals surface area (Å²) in [6, 6.07) is 1.82. The number of ether oxygens (including phenoxy) is 6. The van der Waals surface area contributed by atoms with E-state index < -0.39 is 59.6 Å². The zero-order valence-corrected chi connectivity index (χ0v) is 24.6. The topological polar surface area (TPSA) is 148 Å². The fourth-order valence-corrected chi connectivity index (χ4v) is 3.25. The predicted octanol–water partition coefficient (Wildman–Crippen LogP) is 3.10. The van der Waals surface area contributed by atoms with Crippen LogP contribution in [0.1, 0.15) is 53.5 Å². The molecule has 0 aliphatic rings. The lowest BCUT2D eigenvalue weighted by Crippen LogP contribution is -2.50. The van der Waals surface area contributed by atoms with Gasteiger partial charge in [-0.25, -0.2) is 9.59 Å². The van der Waals surface area contributed by atoms with Crippen molar-refractivity contribution in [1.82, 2.24) is 10.6 Å². The Labute approximate surface area is 233 Å². The van der Waals surface area contributed by atoms with Crippen molar-refractivity contribution >= 4 is 35.5 Å². The predicted molar refractivity (Wildman–Crippen MR) is 142 cm³/mol. The van der Waals surface area contributed by atoms with Crippen molar-refractivity contribution in [1.29, 1.82) is 0 Å². The monoisotopic (exact) mass is 574 g/mol. The molecule has 2 amide bonds. The fourth-order valence-electron chi connectivity index (χ4n) is 3.19. The second-order valence-electron chi connectivity index (χ2n) is 10.3. The summed E-state index contributed by atoms with van der Waals surface area (Å²) >= 11 is 5.59. The number of esters is 2. The summed E-state index contributed by atoms with van der Waals surface area (Å²) in [4.78, 5) is 50.7. The van der Waals surface area contributed by atoms with Crippen LogP contribution in [0.5, 0.6) is 17.2 Å². The average Bonchev–Trinajstić information content (AvgIpc) is 2.83. The molecule has 2 unspecified atom stereocenters. The van der Waals surface area contributed by atoms with Gasteiger partial charge < -0.3 is 39.1 Å². The minimum Gasteiger partial charge on any atom is -0.496 e. The Morgan fingerprint density at radius 3 is 1.85 bits per heavy atom. The van der Waals surface area contributed by atoms with Gasteiger partial charge in [-0.3, -0.25) is 9.59 Å². The molecule has 0 saturated heterocycles. The van der Waals surface area contributed by atoms with Crippen molar-refractivity contribution in [3.63, 3.8) is 0 Å². The summed E-state index contributed by atoms with van der Waals surface area (Å²) in [5, 5.41) is 5.05. The van der Waals surface area contributed by atoms with Crippen molar-refractivity contribution < 1.29 is 47.6 Å². The Bertz CT molecular complexity index is 992. The number of hydrogen-bond acceptors (Lipinski definition) is 10. The second kappa shape index (κ2) is 14.7. The van der Waals surface area contributed by atoms with Crippen LogP contribution in [0.3, 0.4) is 0 Å². The van der Waals surface area contributed by atoms with E-state index in [2.05, 4.69) is 10.6 Å². The van der Waals surface area contributed by atoms with Gasteiger partial charge in [0.1, 0.15) is 40.4 Å². The van der Waals surface area contributed by atoms with E-state index in [1.54, 1.807) is 53.7 Å². The second-order valence-corrected chi connectivity index (χ2v) is 10.6. The molecule has 0 aliphatic heterocycles. The molecule has 1 aromatic rings. The highest BCUT2D eigenvalue weighted by Gasteiger charge is 2.35. The smallest absolute Gasteiger partial charge is 0.408 e. The number of nitrogens with one attached hydrogen (secondary N) is 2. The van der Waals surface area contributed by atoms with Crippen LogP contribution in [-0.4, -0.2) is 74.5 Å². The standard InChI is InChI=1S/C26H39ClN2O10/c1-25(2,3)38-23(32)17(29-24(33)39-26(4,5)6)12-20(37-21(30)13-27)22(31)28-14-16-18(35-8)10-15(34-7)11-19(16)36-9/h10-11,17,20H,12-14H2,1-9H3,(H,28,31)(H,29,33). The number of methoxy groups -OCH3 is 3. The first-order valence-electron chi connectivity index (χ1n) is 12.1. The largest absolute Gasteiger partial charge is 0.496 e. The third-order valence-electron chi connectivity index (χ3n) is 4.76. The summed E-state index contributed by atoms with van der Waals surface area (Å²) in [6.45, 7) is 9.77. The average molecular weight is 575 g/mol. The van der Waals surface area contributed by atoms with Gasteiger partial charge in [-0.1, -0.05) is 0 Å². The summed E-state index contributed by atoms with van der Waals surface area (Å²) in [6.07, 6.45) is -2.91. The van der Waals surface area contributed by atoms with E-state index in [1.165, 1.54) is 21.3 Å². The molecular formula is C26H39ClN2O10. The number of hydrogen-bond donors (Lipinski definition) is 2. The van der Waals surface area contributed by atoms with Crippen molar-refractivity contribution in [3.05, 3.63) is 17.7 Å². The molecule has 220 valence electrons. The number of carbonyl (C=O) groups is 4. The van der Waals surface area contributed by atoms with E-state index in [1.807, 2.05) is 0 Å². The van der Waals surface area contributed by atoms with Crippen molar-refractivity contribution in [2.75, 3.05) is 27.2 Å². The molecule has 0 heterocycles. The highest BCUT2D eigenvalue weighted by atomic mass is 35.5. The van der Waals surface area contributed by atoms with Gasteiger partial charge in [0.25, 0.3) is 5.91 Å². The Kier molecular flexibility index (Phi) is 12.6. The lowest BCUT2D eigenvalue weighted by atomic mass is 10.1. The number of alkyl carbamates (subject to hydrolysis) is 1. The first kappa shape index (κ1) is 33.6. The van der Waals surface area contributed by atoms with Crippen LogP contribution in [0.4, 0.5) is 4.79 Å². The summed E-state index contributed by atoms with van der Waals surface area (Å²) < 4.78 is 31.9. The summed E-state index contributed by atoms with van der Waals surface area (Å²) in [5.41, 5.74) is -1.29. The molecule has 0 bridgehead atoms. The zero-order valence-electron chi connectivity index (χ0n) is 23.9. The van der Waals surface area contributed by atoms with Crippen LogP contribution in [0, 0.1) is 0 Å². The van der Waals surface area contributed by atoms with E-state index in [9.17, 15) is 19.2 Å². The molecule has 12 nitrogen and oxygen atoms in total. The van der Waals surface area contributed by atoms with Gasteiger partial charge in [-0.05, 0) is 41.5 Å². The molecule has 0 spiro atoms. The number of alkyl halides is 1. The number of benzene rings is 1. The lowest BCUT2D eigenvalue weighted by Gasteiger charge is -2.28. The normalized spacial score (nSPS) is 12.9. The summed E-state index contributed by atoms with van der Waals surface area (Å²) in [5.74, 6) is -1.85. The number of carbonyl (C=O) groups excluding carboxylic acids is 4. The van der Waals surface area contributed by atoms with Crippen LogP contribution >= 0.6 is 11.6 Å². The van der Waals surface area contributed by atoms with Crippen molar-refractivity contribution in [3.8, 4) is 17.2 Å². The highest BCUT2D eigenvalue weighted by Crippen LogP contribution is 2.34. The molecule has 0 fully saturated rings. The maximum absolute atomic E-state index is 13.2. The minimum absolute atomic E-state index is 0.0965. The Morgan fingerprint density at radius 1 is 0.872 bits per heavy atom. The van der Waals surface area contributed by atoms with E-state index in [0.29, 0.717) is 22.8 Å². The molecule has 2 N–H and O–H groups in total. The number of halogens is 1. The van der Waals surface area contributed by atoms with Gasteiger partial charge in [0.05, 0.1) is 33.4 Å². The van der Waals surface area contributed by atoms with Gasteiger partial charge in [-0.2, -0.15) is 0 Å². The van der Waals surface area contributed by atoms with E-state index in [0.717, 1.165) is 0 Å². The molecule has 39 heavy (non-hydrogen) atoms. The number of rotatable bonds is 12. The molecule has 0 saturated carbocycles. The van der Waals surface area contributed by atoms with Gasteiger partial charge in [0.2, 0.25) is 0 Å². The SMILES string of the molecule is COc1cc(OC)c(CNC(=O)C(CC(NC(=O)OC(C)(C)C)C(=O)OC(C)(C)C)OC(=O)CCl)c(OC)c1. The molecule has 13 heteroatoms. The quantitative estimate of drug-likeness (QED) is 0.217. The Balaban J connectivity index is 3.25. The molecule has 0 radical (unpaired) electrons. The molecule has 1 aromatic carbocycles. The molecule has 0 aliphatic carbocycles. The zero-order chi connectivity index (χ0) is 30.0. The van der Waals surface area contributed by atoms with Gasteiger partial charge in [0.15, 0.2) is 6.10 Å². The van der Waals surface area contributed by atoms with Crippen molar-refractivity contribution in [2.45, 2.75) is 77.9 Å². The molecule has 0 aromatic heterocycles. The molecule has 2 atom stereocenters. The maximum atomic E-state index is 13.2. The third-order valence-corrected chi connectivity index (χ3v) is 4.98. The van der Waals surface area contributed by atoms with E-state index in [4.69, 9.17) is 40.0 Å². The molecular weight excluding hydrogens is 536 g/mol. The first-order valence-corrected chi connectivity index (χ1v) is 12.6. The van der Waals surface area contributed by atoms with Crippen LogP contribution in [0.2, 0.25) is 0 Å². The Hall–Kier alpha value is -3.41. The van der Waals surface area contributed by atoms with Gasteiger partial charge >= 0.3 is 18.0 Å². The van der Waals surface area contributed by atoms with E-state index >= 15 is 0 Å². The van der Waals surface area contributed by atoms with Gasteiger partial charge in [-0.15, -0.1) is 11.6 Å². The van der Waals surface area contributed by atoms with E-state index in [-0.39, 0.29) is 6.54 Å². The van der Waals surface area contributed by atoms with Crippen LogP contribution in [0.25, 0.3) is 0 Å². The number of amides is 2. The Morgan fingerprint density at radius 2 is 1.41 bits per heavy atom.